The van der Waals surface area contributed by atoms with Gasteiger partial charge in [-0.1, -0.05) is 30.7 Å². The van der Waals surface area contributed by atoms with Gasteiger partial charge in [-0.3, -0.25) is 9.69 Å². The standard InChI is InChI=1S/C28H32ClNO6S2/c1-4-26(36-23-16-22(34-3)18(17-31)15-21(23)29)30(2)19-9-11-20(12-10-19)35-27(32)28(33,24-7-5-13-37-24)25-8-6-14-38-25/h5-8,13-17,19-20,26,33H,4,9-12H2,1-3H3. The van der Waals surface area contributed by atoms with Gasteiger partial charge in [0.05, 0.1) is 27.5 Å². The summed E-state index contributed by atoms with van der Waals surface area (Å²) in [4.78, 5) is 27.9. The SMILES string of the molecule is CCC(Oc1cc(OC)c(C=O)cc1Cl)N(C)C1CCC(OC(=O)C(O)(c2cccs2)c2cccs2)CC1. The molecule has 1 saturated carbocycles. The number of nitrogens with zero attached hydrogens (tertiary/aromatic N) is 1. The minimum absolute atomic E-state index is 0.221. The van der Waals surface area contributed by atoms with Crippen LogP contribution in [0.3, 0.4) is 0 Å². The minimum Gasteiger partial charge on any atom is -0.496 e. The third-order valence-corrected chi connectivity index (χ3v) is 9.27. The van der Waals surface area contributed by atoms with Gasteiger partial charge in [0.25, 0.3) is 0 Å². The fourth-order valence-corrected chi connectivity index (χ4v) is 6.77. The van der Waals surface area contributed by atoms with Crippen molar-refractivity contribution in [2.75, 3.05) is 14.2 Å². The smallest absolute Gasteiger partial charge is 0.349 e. The van der Waals surface area contributed by atoms with Crippen LogP contribution in [0, 0.1) is 0 Å². The number of carbonyl (C=O) groups excluding carboxylic acids is 2. The lowest BCUT2D eigenvalue weighted by Crippen LogP contribution is -2.46. The highest BCUT2D eigenvalue weighted by Gasteiger charge is 2.45. The fourth-order valence-electron chi connectivity index (χ4n) is 4.84. The second-order valence-electron chi connectivity index (χ2n) is 9.29. The number of thiophene rings is 2. The van der Waals surface area contributed by atoms with Crippen molar-refractivity contribution >= 4 is 46.5 Å². The van der Waals surface area contributed by atoms with E-state index < -0.39 is 11.6 Å². The second kappa shape index (κ2) is 12.6. The van der Waals surface area contributed by atoms with Gasteiger partial charge in [-0.05, 0) is 68.1 Å². The Labute approximate surface area is 235 Å². The van der Waals surface area contributed by atoms with Gasteiger partial charge in [0.1, 0.15) is 17.6 Å². The summed E-state index contributed by atoms with van der Waals surface area (Å²) in [5.74, 6) is 0.234. The van der Waals surface area contributed by atoms with Gasteiger partial charge in [0, 0.05) is 12.1 Å². The number of aliphatic hydroxyl groups is 1. The normalized spacial score (nSPS) is 18.7. The number of rotatable bonds is 11. The van der Waals surface area contributed by atoms with Gasteiger partial charge >= 0.3 is 5.97 Å². The average Bonchev–Trinajstić information content (AvgIpc) is 3.67. The van der Waals surface area contributed by atoms with Crippen LogP contribution in [0.1, 0.15) is 59.1 Å². The third kappa shape index (κ3) is 5.92. The second-order valence-corrected chi connectivity index (χ2v) is 11.6. The molecule has 1 atom stereocenters. The van der Waals surface area contributed by atoms with Gasteiger partial charge < -0.3 is 19.3 Å². The van der Waals surface area contributed by atoms with E-state index >= 15 is 0 Å². The van der Waals surface area contributed by atoms with E-state index in [2.05, 4.69) is 4.90 Å². The first-order valence-corrected chi connectivity index (χ1v) is 14.7. The number of benzene rings is 1. The van der Waals surface area contributed by atoms with Crippen LogP contribution in [0.25, 0.3) is 0 Å². The van der Waals surface area contributed by atoms with Crippen molar-refractivity contribution in [3.63, 3.8) is 0 Å². The maximum Gasteiger partial charge on any atom is 0.349 e. The van der Waals surface area contributed by atoms with Crippen LogP contribution in [0.15, 0.2) is 47.2 Å². The lowest BCUT2D eigenvalue weighted by atomic mass is 9.91. The summed E-state index contributed by atoms with van der Waals surface area (Å²) in [7, 11) is 3.51. The van der Waals surface area contributed by atoms with Crippen molar-refractivity contribution < 1.29 is 28.9 Å². The first-order chi connectivity index (χ1) is 18.3. The number of methoxy groups -OCH3 is 1. The molecule has 0 aliphatic heterocycles. The molecule has 3 aromatic rings. The highest BCUT2D eigenvalue weighted by Crippen LogP contribution is 2.38. The van der Waals surface area contributed by atoms with Crippen LogP contribution in [0.4, 0.5) is 0 Å². The zero-order valence-corrected chi connectivity index (χ0v) is 24.0. The number of ether oxygens (including phenoxy) is 3. The molecule has 0 radical (unpaired) electrons. The molecule has 0 spiro atoms. The van der Waals surface area contributed by atoms with Gasteiger partial charge in [0.15, 0.2) is 12.5 Å². The van der Waals surface area contributed by atoms with E-state index in [4.69, 9.17) is 25.8 Å². The highest BCUT2D eigenvalue weighted by molar-refractivity contribution is 7.12. The molecule has 1 unspecified atom stereocenters. The van der Waals surface area contributed by atoms with E-state index in [1.54, 1.807) is 24.3 Å². The Hall–Kier alpha value is -2.43. The molecule has 2 aromatic heterocycles. The van der Waals surface area contributed by atoms with Crippen LogP contribution in [-0.4, -0.2) is 54.8 Å². The molecule has 204 valence electrons. The molecule has 1 fully saturated rings. The van der Waals surface area contributed by atoms with Crippen LogP contribution < -0.4 is 9.47 Å². The highest BCUT2D eigenvalue weighted by atomic mass is 35.5. The predicted molar refractivity (Wildman–Crippen MR) is 150 cm³/mol. The molecule has 1 aromatic carbocycles. The zero-order valence-electron chi connectivity index (χ0n) is 21.6. The Morgan fingerprint density at radius 3 is 2.29 bits per heavy atom. The largest absolute Gasteiger partial charge is 0.496 e. The molecule has 2 heterocycles. The lowest BCUT2D eigenvalue weighted by molar-refractivity contribution is -0.169. The van der Waals surface area contributed by atoms with Crippen molar-refractivity contribution in [3.05, 3.63) is 67.5 Å². The summed E-state index contributed by atoms with van der Waals surface area (Å²) in [6, 6.07) is 10.6. The Bertz CT molecular complexity index is 1170. The molecular formula is C28H32ClNO6S2. The summed E-state index contributed by atoms with van der Waals surface area (Å²) < 4.78 is 17.4. The molecular weight excluding hydrogens is 546 g/mol. The molecule has 10 heteroatoms. The molecule has 1 aliphatic rings. The van der Waals surface area contributed by atoms with Crippen LogP contribution in [0.2, 0.25) is 5.02 Å². The first kappa shape index (κ1) is 28.6. The van der Waals surface area contributed by atoms with E-state index in [0.29, 0.717) is 57.4 Å². The molecule has 0 amide bonds. The first-order valence-electron chi connectivity index (χ1n) is 12.5. The predicted octanol–water partition coefficient (Wildman–Crippen LogP) is 6.12. The maximum absolute atomic E-state index is 13.3. The topological polar surface area (TPSA) is 85.3 Å². The maximum atomic E-state index is 13.3. The summed E-state index contributed by atoms with van der Waals surface area (Å²) in [5, 5.41) is 15.5. The summed E-state index contributed by atoms with van der Waals surface area (Å²) >= 11 is 9.05. The van der Waals surface area contributed by atoms with Gasteiger partial charge in [-0.15, -0.1) is 22.7 Å². The van der Waals surface area contributed by atoms with Gasteiger partial charge in [-0.2, -0.15) is 0 Å². The number of hydrogen-bond donors (Lipinski definition) is 1. The molecule has 1 N–H and O–H groups in total. The number of esters is 1. The zero-order chi connectivity index (χ0) is 27.3. The van der Waals surface area contributed by atoms with E-state index in [9.17, 15) is 14.7 Å². The molecule has 1 aliphatic carbocycles. The van der Waals surface area contributed by atoms with Crippen molar-refractivity contribution in [1.29, 1.82) is 0 Å². The Kier molecular flexibility index (Phi) is 9.49. The van der Waals surface area contributed by atoms with E-state index in [0.717, 1.165) is 12.8 Å². The molecule has 4 rings (SSSR count). The third-order valence-electron chi connectivity index (χ3n) is 7.02. The molecule has 0 saturated heterocycles. The molecule has 7 nitrogen and oxygen atoms in total. The Morgan fingerprint density at radius 2 is 1.79 bits per heavy atom. The van der Waals surface area contributed by atoms with Gasteiger partial charge in [0.2, 0.25) is 5.60 Å². The van der Waals surface area contributed by atoms with E-state index in [1.165, 1.54) is 29.8 Å². The Balaban J connectivity index is 1.38. The summed E-state index contributed by atoms with van der Waals surface area (Å²) in [5.41, 5.74) is -1.43. The minimum atomic E-state index is -1.79. The number of carbonyl (C=O) groups is 2. The lowest BCUT2D eigenvalue weighted by Gasteiger charge is -2.39. The quantitative estimate of drug-likeness (QED) is 0.167. The van der Waals surface area contributed by atoms with Crippen molar-refractivity contribution in [1.82, 2.24) is 4.90 Å². The number of halogens is 1. The summed E-state index contributed by atoms with van der Waals surface area (Å²) in [6.45, 7) is 2.04. The van der Waals surface area contributed by atoms with E-state index in [-0.39, 0.29) is 18.4 Å². The monoisotopic (exact) mass is 577 g/mol. The molecule has 38 heavy (non-hydrogen) atoms. The Morgan fingerprint density at radius 1 is 1.16 bits per heavy atom. The van der Waals surface area contributed by atoms with Crippen molar-refractivity contribution in [3.8, 4) is 11.5 Å². The van der Waals surface area contributed by atoms with Crippen molar-refractivity contribution in [2.24, 2.45) is 0 Å². The van der Waals surface area contributed by atoms with Crippen LogP contribution >= 0.6 is 34.3 Å². The van der Waals surface area contributed by atoms with Gasteiger partial charge in [-0.25, -0.2) is 4.79 Å². The number of aldehydes is 1. The van der Waals surface area contributed by atoms with Crippen LogP contribution in [-0.2, 0) is 15.1 Å². The number of hydrogen-bond acceptors (Lipinski definition) is 9. The fraction of sp³-hybridized carbons (Fsp3) is 0.429. The average molecular weight is 578 g/mol. The van der Waals surface area contributed by atoms with Crippen molar-refractivity contribution in [2.45, 2.75) is 63.0 Å². The summed E-state index contributed by atoms with van der Waals surface area (Å²) in [6.07, 6.45) is 3.90. The van der Waals surface area contributed by atoms with E-state index in [1.807, 2.05) is 36.9 Å². The molecule has 0 bridgehead atoms. The van der Waals surface area contributed by atoms with Crippen LogP contribution in [0.5, 0.6) is 11.5 Å².